The van der Waals surface area contributed by atoms with Crippen molar-refractivity contribution in [1.82, 2.24) is 4.57 Å². The molecule has 0 atom stereocenters. The number of hydrogen-bond donors (Lipinski definition) is 0. The highest BCUT2D eigenvalue weighted by atomic mass is 16.5. The topological polar surface area (TPSA) is 71.0 Å². The van der Waals surface area contributed by atoms with Crippen LogP contribution in [0.3, 0.4) is 0 Å². The molecule has 4 rings (SSSR count). The molecule has 5 nitrogen and oxygen atoms in total. The summed E-state index contributed by atoms with van der Waals surface area (Å²) in [6.45, 7) is 5.84. The molecule has 0 radical (unpaired) electrons. The van der Waals surface area contributed by atoms with E-state index in [1.165, 1.54) is 89.9 Å². The van der Waals surface area contributed by atoms with E-state index in [0.717, 1.165) is 51.8 Å². The van der Waals surface area contributed by atoms with Crippen LogP contribution in [0.2, 0.25) is 0 Å². The van der Waals surface area contributed by atoms with Crippen molar-refractivity contribution in [2.24, 2.45) is 0 Å². The lowest BCUT2D eigenvalue weighted by atomic mass is 10.1. The summed E-state index contributed by atoms with van der Waals surface area (Å²) in [6, 6.07) is 22.3. The Labute approximate surface area is 270 Å². The molecule has 0 saturated carbocycles. The Morgan fingerprint density at radius 3 is 1.42 bits per heavy atom. The van der Waals surface area contributed by atoms with Gasteiger partial charge in [-0.05, 0) is 49.2 Å². The third kappa shape index (κ3) is 9.76. The van der Waals surface area contributed by atoms with Crippen LogP contribution in [-0.4, -0.2) is 17.8 Å². The second-order valence-electron chi connectivity index (χ2n) is 12.3. The zero-order valence-corrected chi connectivity index (χ0v) is 27.6. The van der Waals surface area contributed by atoms with Crippen molar-refractivity contribution in [3.63, 3.8) is 0 Å². The molecule has 0 spiro atoms. The summed E-state index contributed by atoms with van der Waals surface area (Å²) < 4.78 is 14.9. The van der Waals surface area contributed by atoms with Crippen molar-refractivity contribution in [2.75, 3.05) is 13.2 Å². The second-order valence-corrected chi connectivity index (χ2v) is 12.3. The Hall–Kier alpha value is -3.96. The van der Waals surface area contributed by atoms with Gasteiger partial charge < -0.3 is 14.0 Å². The minimum atomic E-state index is 0.601. The molecule has 238 valence electrons. The summed E-state index contributed by atoms with van der Waals surface area (Å²) >= 11 is 0. The van der Waals surface area contributed by atoms with Gasteiger partial charge in [-0.3, -0.25) is 0 Å². The molecule has 0 N–H and O–H groups in total. The molecule has 0 aliphatic carbocycles. The molecule has 0 aliphatic heterocycles. The molecule has 0 bridgehead atoms. The fourth-order valence-electron chi connectivity index (χ4n) is 6.14. The molecule has 0 fully saturated rings. The molecule has 1 aromatic heterocycles. The number of unbranched alkanes of at least 4 members (excludes halogenated alkanes) is 14. The fraction of sp³-hybridized carbons (Fsp3) is 0.500. The fourth-order valence-corrected chi connectivity index (χ4v) is 6.14. The van der Waals surface area contributed by atoms with Gasteiger partial charge in [-0.1, -0.05) is 116 Å². The lowest BCUT2D eigenvalue weighted by Gasteiger charge is -2.16. The minimum Gasteiger partial charge on any atom is -0.490 e. The van der Waals surface area contributed by atoms with Crippen LogP contribution in [0.1, 0.15) is 128 Å². The van der Waals surface area contributed by atoms with Gasteiger partial charge in [0.15, 0.2) is 11.5 Å². The molecular formula is C40H51N3O2. The lowest BCUT2D eigenvalue weighted by Crippen LogP contribution is -2.04. The first-order valence-electron chi connectivity index (χ1n) is 17.5. The molecular weight excluding hydrogens is 554 g/mol. The predicted molar refractivity (Wildman–Crippen MR) is 186 cm³/mol. The minimum absolute atomic E-state index is 0.601. The summed E-state index contributed by atoms with van der Waals surface area (Å²) in [4.78, 5) is 0. The Balaban J connectivity index is 1.52. The van der Waals surface area contributed by atoms with E-state index in [4.69, 9.17) is 9.47 Å². The third-order valence-electron chi connectivity index (χ3n) is 8.72. The first-order valence-corrected chi connectivity index (χ1v) is 17.5. The van der Waals surface area contributed by atoms with Gasteiger partial charge in [-0.2, -0.15) is 10.5 Å². The second kappa shape index (κ2) is 18.8. The summed E-state index contributed by atoms with van der Waals surface area (Å²) in [5.74, 6) is 1.52. The first-order chi connectivity index (χ1) is 22.2. The van der Waals surface area contributed by atoms with Gasteiger partial charge in [-0.15, -0.1) is 0 Å². The van der Waals surface area contributed by atoms with Crippen LogP contribution in [0.4, 0.5) is 0 Å². The number of nitrogens with zero attached hydrogens (tertiary/aromatic N) is 3. The van der Waals surface area contributed by atoms with Gasteiger partial charge >= 0.3 is 0 Å². The van der Waals surface area contributed by atoms with E-state index in [1.807, 2.05) is 42.5 Å². The highest BCUT2D eigenvalue weighted by Crippen LogP contribution is 2.37. The summed E-state index contributed by atoms with van der Waals surface area (Å²) in [6.07, 6.45) is 20.1. The van der Waals surface area contributed by atoms with E-state index in [9.17, 15) is 10.5 Å². The molecule has 5 heteroatoms. The number of fused-ring (bicyclic) bond motifs is 3. The van der Waals surface area contributed by atoms with Gasteiger partial charge in [0.1, 0.15) is 0 Å². The zero-order chi connectivity index (χ0) is 31.7. The smallest absolute Gasteiger partial charge is 0.163 e. The largest absolute Gasteiger partial charge is 0.490 e. The molecule has 4 aromatic rings. The Morgan fingerprint density at radius 1 is 0.511 bits per heavy atom. The van der Waals surface area contributed by atoms with Crippen molar-refractivity contribution in [3.8, 4) is 29.3 Å². The van der Waals surface area contributed by atoms with Crippen molar-refractivity contribution < 1.29 is 9.47 Å². The standard InChI is InChI=1S/C40H51N3O2/c1-3-5-7-9-11-13-15-17-25-44-39-24-21-34(29-40(39)45-26-18-16-14-12-10-8-6-4-2)43-37-27-32(30-41)19-22-35(37)36-23-20-33(31-42)28-38(36)43/h19-24,27-29H,3-18,25-26H2,1-2H3. The van der Waals surface area contributed by atoms with E-state index in [1.54, 1.807) is 0 Å². The van der Waals surface area contributed by atoms with Crippen LogP contribution in [0.5, 0.6) is 11.5 Å². The molecule has 3 aromatic carbocycles. The van der Waals surface area contributed by atoms with Crippen LogP contribution >= 0.6 is 0 Å². The number of rotatable bonds is 21. The zero-order valence-electron chi connectivity index (χ0n) is 27.6. The monoisotopic (exact) mass is 605 g/mol. The number of aromatic nitrogens is 1. The maximum absolute atomic E-state index is 9.65. The van der Waals surface area contributed by atoms with Gasteiger partial charge in [0, 0.05) is 16.8 Å². The molecule has 0 amide bonds. The van der Waals surface area contributed by atoms with Gasteiger partial charge in [0.2, 0.25) is 0 Å². The predicted octanol–water partition coefficient (Wildman–Crippen LogP) is 11.6. The highest BCUT2D eigenvalue weighted by Gasteiger charge is 2.16. The van der Waals surface area contributed by atoms with E-state index in [-0.39, 0.29) is 0 Å². The third-order valence-corrected chi connectivity index (χ3v) is 8.72. The van der Waals surface area contributed by atoms with Crippen molar-refractivity contribution in [1.29, 1.82) is 10.5 Å². The maximum atomic E-state index is 9.65. The summed E-state index contributed by atoms with van der Waals surface area (Å²) in [5.41, 5.74) is 3.99. The number of nitriles is 2. The lowest BCUT2D eigenvalue weighted by molar-refractivity contribution is 0.258. The SMILES string of the molecule is CCCCCCCCCCOc1ccc(-n2c3cc(C#N)ccc3c3ccc(C#N)cc32)cc1OCCCCCCCCCC. The molecule has 0 aliphatic rings. The Kier molecular flexibility index (Phi) is 14.1. The van der Waals surface area contributed by atoms with Gasteiger partial charge in [0.25, 0.3) is 0 Å². The summed E-state index contributed by atoms with van der Waals surface area (Å²) in [7, 11) is 0. The van der Waals surface area contributed by atoms with Crippen LogP contribution < -0.4 is 9.47 Å². The molecule has 0 saturated heterocycles. The van der Waals surface area contributed by atoms with Crippen LogP contribution in [0, 0.1) is 22.7 Å². The highest BCUT2D eigenvalue weighted by molar-refractivity contribution is 6.09. The van der Waals surface area contributed by atoms with Crippen LogP contribution in [-0.2, 0) is 0 Å². The van der Waals surface area contributed by atoms with Crippen molar-refractivity contribution in [3.05, 3.63) is 65.7 Å². The Bertz CT molecular complexity index is 1500. The average molecular weight is 606 g/mol. The first kappa shape index (κ1) is 33.9. The Morgan fingerprint density at radius 2 is 0.956 bits per heavy atom. The molecule has 0 unspecified atom stereocenters. The van der Waals surface area contributed by atoms with E-state index < -0.39 is 0 Å². The van der Waals surface area contributed by atoms with Crippen molar-refractivity contribution in [2.45, 2.75) is 117 Å². The quantitative estimate of drug-likeness (QED) is 0.0886. The number of benzene rings is 3. The van der Waals surface area contributed by atoms with E-state index in [0.29, 0.717) is 24.3 Å². The van der Waals surface area contributed by atoms with E-state index >= 15 is 0 Å². The van der Waals surface area contributed by atoms with Crippen LogP contribution in [0.15, 0.2) is 54.6 Å². The van der Waals surface area contributed by atoms with Crippen molar-refractivity contribution >= 4 is 21.8 Å². The summed E-state index contributed by atoms with van der Waals surface area (Å²) in [5, 5.41) is 21.4. The maximum Gasteiger partial charge on any atom is 0.163 e. The van der Waals surface area contributed by atoms with Crippen LogP contribution in [0.25, 0.3) is 27.5 Å². The van der Waals surface area contributed by atoms with E-state index in [2.05, 4.69) is 42.7 Å². The number of hydrogen-bond acceptors (Lipinski definition) is 4. The number of ether oxygens (including phenoxy) is 2. The molecule has 45 heavy (non-hydrogen) atoms. The van der Waals surface area contributed by atoms with Gasteiger partial charge in [-0.25, -0.2) is 0 Å². The molecule has 1 heterocycles. The van der Waals surface area contributed by atoms with Gasteiger partial charge in [0.05, 0.1) is 53.2 Å². The average Bonchev–Trinajstić information content (AvgIpc) is 3.39. The normalized spacial score (nSPS) is 11.1.